The summed E-state index contributed by atoms with van der Waals surface area (Å²) in [5.41, 5.74) is -0.0631. The third kappa shape index (κ3) is 3.19. The molecule has 1 atom stereocenters. The predicted molar refractivity (Wildman–Crippen MR) is 81.2 cm³/mol. The van der Waals surface area contributed by atoms with E-state index in [2.05, 4.69) is 10.6 Å². The molecule has 0 bridgehead atoms. The second-order valence-electron chi connectivity index (χ2n) is 6.75. The molecule has 3 fully saturated rings. The van der Waals surface area contributed by atoms with E-state index in [-0.39, 0.29) is 41.2 Å². The van der Waals surface area contributed by atoms with Gasteiger partial charge in [0.2, 0.25) is 5.91 Å². The van der Waals surface area contributed by atoms with Crippen LogP contribution in [-0.4, -0.2) is 37.6 Å². The second kappa shape index (κ2) is 6.13. The quantitative estimate of drug-likeness (QED) is 0.769. The van der Waals surface area contributed by atoms with Gasteiger partial charge in [0.25, 0.3) is 0 Å². The van der Waals surface area contributed by atoms with Crippen molar-refractivity contribution < 1.29 is 14.3 Å². The molecule has 2 aliphatic carbocycles. The highest BCUT2D eigenvalue weighted by molar-refractivity contribution is 5.85. The van der Waals surface area contributed by atoms with Crippen LogP contribution in [0.4, 0.5) is 0 Å². The number of carbonyl (C=O) groups is 2. The van der Waals surface area contributed by atoms with Gasteiger partial charge in [0.1, 0.15) is 0 Å². The lowest BCUT2D eigenvalue weighted by molar-refractivity contribution is -0.144. The van der Waals surface area contributed by atoms with E-state index in [0.29, 0.717) is 6.42 Å². The van der Waals surface area contributed by atoms with E-state index >= 15 is 0 Å². The molecule has 6 heteroatoms. The normalized spacial score (nSPS) is 28.0. The first-order valence-electron chi connectivity index (χ1n) is 7.69. The van der Waals surface area contributed by atoms with Gasteiger partial charge in [-0.2, -0.15) is 0 Å². The van der Waals surface area contributed by atoms with Crippen LogP contribution >= 0.6 is 12.4 Å². The summed E-state index contributed by atoms with van der Waals surface area (Å²) in [6.45, 7) is 2.05. The summed E-state index contributed by atoms with van der Waals surface area (Å²) in [5.74, 6) is 0.104. The average Bonchev–Trinajstić information content (AvgIpc) is 3.10. The van der Waals surface area contributed by atoms with Gasteiger partial charge in [-0.05, 0) is 57.0 Å². The highest BCUT2D eigenvalue weighted by Crippen LogP contribution is 2.58. The van der Waals surface area contributed by atoms with Crippen molar-refractivity contribution in [2.75, 3.05) is 20.2 Å². The van der Waals surface area contributed by atoms with Crippen molar-refractivity contribution in [3.63, 3.8) is 0 Å². The molecular weight excluding hydrogens is 292 g/mol. The zero-order valence-electron chi connectivity index (χ0n) is 12.6. The molecular formula is C15H25ClN2O3. The number of esters is 1. The van der Waals surface area contributed by atoms with Crippen LogP contribution in [0.2, 0.25) is 0 Å². The number of piperidine rings is 1. The van der Waals surface area contributed by atoms with Gasteiger partial charge < -0.3 is 15.4 Å². The second-order valence-corrected chi connectivity index (χ2v) is 6.75. The number of ether oxygens (including phenoxy) is 1. The van der Waals surface area contributed by atoms with Gasteiger partial charge in [0, 0.05) is 5.92 Å². The van der Waals surface area contributed by atoms with Crippen LogP contribution in [0.5, 0.6) is 0 Å². The number of hydrogen-bond donors (Lipinski definition) is 2. The molecule has 0 aromatic heterocycles. The molecule has 21 heavy (non-hydrogen) atoms. The van der Waals surface area contributed by atoms with Gasteiger partial charge in [-0.15, -0.1) is 12.4 Å². The van der Waals surface area contributed by atoms with Gasteiger partial charge >= 0.3 is 5.97 Å². The van der Waals surface area contributed by atoms with Crippen LogP contribution in [0.1, 0.15) is 44.9 Å². The van der Waals surface area contributed by atoms with Crippen molar-refractivity contribution in [2.45, 2.75) is 50.5 Å². The molecule has 0 aromatic rings. The third-order valence-corrected chi connectivity index (χ3v) is 5.51. The first-order chi connectivity index (χ1) is 9.59. The highest BCUT2D eigenvalue weighted by Gasteiger charge is 2.58. The summed E-state index contributed by atoms with van der Waals surface area (Å²) >= 11 is 0. The van der Waals surface area contributed by atoms with E-state index < -0.39 is 0 Å². The standard InChI is InChI=1S/C15H24N2O3.ClH/c1-20-12(18)10-15(3-2-4-15)17-13(19)11-9-14(11)5-7-16-8-6-14;/h11,16H,2-10H2,1H3,(H,17,19);1H. The summed E-state index contributed by atoms with van der Waals surface area (Å²) in [5, 5.41) is 6.52. The summed E-state index contributed by atoms with van der Waals surface area (Å²) in [4.78, 5) is 24.0. The Morgan fingerprint density at radius 2 is 1.90 bits per heavy atom. The van der Waals surface area contributed by atoms with Crippen LogP contribution in [0.3, 0.4) is 0 Å². The molecule has 0 radical (unpaired) electrons. The summed E-state index contributed by atoms with van der Waals surface area (Å²) < 4.78 is 4.75. The number of carbonyl (C=O) groups excluding carboxylic acids is 2. The van der Waals surface area contributed by atoms with E-state index in [9.17, 15) is 9.59 Å². The Kier molecular flexibility index (Phi) is 4.83. The minimum atomic E-state index is -0.319. The van der Waals surface area contributed by atoms with Gasteiger partial charge in [0.05, 0.1) is 19.1 Å². The lowest BCUT2D eigenvalue weighted by atomic mass is 9.74. The number of methoxy groups -OCH3 is 1. The SMILES string of the molecule is COC(=O)CC1(NC(=O)C2CC23CCNCC3)CCC1.Cl. The molecule has 1 saturated heterocycles. The Balaban J connectivity index is 0.00000161. The van der Waals surface area contributed by atoms with Crippen LogP contribution in [-0.2, 0) is 14.3 Å². The smallest absolute Gasteiger partial charge is 0.307 e. The fraction of sp³-hybridized carbons (Fsp3) is 0.867. The Labute approximate surface area is 132 Å². The molecule has 1 heterocycles. The van der Waals surface area contributed by atoms with Gasteiger partial charge in [-0.25, -0.2) is 0 Å². The summed E-state index contributed by atoms with van der Waals surface area (Å²) in [6.07, 6.45) is 6.43. The molecule has 2 N–H and O–H groups in total. The number of rotatable bonds is 4. The third-order valence-electron chi connectivity index (χ3n) is 5.51. The van der Waals surface area contributed by atoms with E-state index in [1.165, 1.54) is 7.11 Å². The molecule has 3 aliphatic rings. The van der Waals surface area contributed by atoms with E-state index in [1.54, 1.807) is 0 Å². The van der Waals surface area contributed by atoms with Crippen LogP contribution in [0, 0.1) is 11.3 Å². The molecule has 120 valence electrons. The summed E-state index contributed by atoms with van der Waals surface area (Å²) in [7, 11) is 1.40. The molecule has 0 aromatic carbocycles. The van der Waals surface area contributed by atoms with Crippen molar-refractivity contribution in [3.8, 4) is 0 Å². The minimum absolute atomic E-state index is 0. The molecule has 1 amide bonds. The Morgan fingerprint density at radius 3 is 2.43 bits per heavy atom. The van der Waals surface area contributed by atoms with Crippen molar-refractivity contribution >= 4 is 24.3 Å². The zero-order chi connectivity index (χ0) is 14.2. The van der Waals surface area contributed by atoms with E-state index in [1.807, 2.05) is 0 Å². The molecule has 2 saturated carbocycles. The molecule has 1 unspecified atom stereocenters. The highest BCUT2D eigenvalue weighted by atomic mass is 35.5. The molecule has 5 nitrogen and oxygen atoms in total. The Morgan fingerprint density at radius 1 is 1.24 bits per heavy atom. The monoisotopic (exact) mass is 316 g/mol. The van der Waals surface area contributed by atoms with E-state index in [4.69, 9.17) is 4.74 Å². The molecule has 1 aliphatic heterocycles. The van der Waals surface area contributed by atoms with Gasteiger partial charge in [0.15, 0.2) is 0 Å². The topological polar surface area (TPSA) is 67.4 Å². The Bertz CT molecular complexity index is 417. The van der Waals surface area contributed by atoms with Crippen LogP contribution < -0.4 is 10.6 Å². The number of amides is 1. The van der Waals surface area contributed by atoms with Crippen molar-refractivity contribution in [2.24, 2.45) is 11.3 Å². The maximum absolute atomic E-state index is 12.5. The summed E-state index contributed by atoms with van der Waals surface area (Å²) in [6, 6.07) is 0. The minimum Gasteiger partial charge on any atom is -0.469 e. The maximum atomic E-state index is 12.5. The van der Waals surface area contributed by atoms with Crippen molar-refractivity contribution in [3.05, 3.63) is 0 Å². The molecule has 1 spiro atoms. The van der Waals surface area contributed by atoms with Crippen molar-refractivity contribution in [1.82, 2.24) is 10.6 Å². The lowest BCUT2D eigenvalue weighted by Crippen LogP contribution is -2.55. The van der Waals surface area contributed by atoms with E-state index in [0.717, 1.165) is 51.6 Å². The largest absolute Gasteiger partial charge is 0.469 e. The lowest BCUT2D eigenvalue weighted by Gasteiger charge is -2.42. The first-order valence-corrected chi connectivity index (χ1v) is 7.69. The molecule has 3 rings (SSSR count). The number of nitrogens with one attached hydrogen (secondary N) is 2. The fourth-order valence-electron chi connectivity index (χ4n) is 3.84. The van der Waals surface area contributed by atoms with Gasteiger partial charge in [-0.1, -0.05) is 0 Å². The van der Waals surface area contributed by atoms with Crippen LogP contribution in [0.25, 0.3) is 0 Å². The average molecular weight is 317 g/mol. The predicted octanol–water partition coefficient (Wildman–Crippen LogP) is 1.40. The van der Waals surface area contributed by atoms with Crippen molar-refractivity contribution in [1.29, 1.82) is 0 Å². The first kappa shape index (κ1) is 16.6. The maximum Gasteiger partial charge on any atom is 0.307 e. The number of halogens is 1. The van der Waals surface area contributed by atoms with Crippen LogP contribution in [0.15, 0.2) is 0 Å². The zero-order valence-corrected chi connectivity index (χ0v) is 13.4. The van der Waals surface area contributed by atoms with Gasteiger partial charge in [-0.3, -0.25) is 9.59 Å². The fourth-order valence-corrected chi connectivity index (χ4v) is 3.84. The number of hydrogen-bond acceptors (Lipinski definition) is 4. The Hall–Kier alpha value is -0.810.